The molecule has 0 aliphatic carbocycles. The number of carboxylic acids is 3. The van der Waals surface area contributed by atoms with E-state index in [1.807, 2.05) is 0 Å². The number of carbonyl (C=O) groups is 10. The van der Waals surface area contributed by atoms with E-state index in [-0.39, 0.29) is 45.8 Å². The van der Waals surface area contributed by atoms with Crippen LogP contribution in [0.3, 0.4) is 0 Å². The maximum atomic E-state index is 11.5. The van der Waals surface area contributed by atoms with Crippen LogP contribution in [0.5, 0.6) is 0 Å². The van der Waals surface area contributed by atoms with Crippen molar-refractivity contribution in [2.45, 2.75) is 59.8 Å². The Morgan fingerprint density at radius 3 is 0.942 bits per heavy atom. The van der Waals surface area contributed by atoms with Gasteiger partial charge in [0, 0.05) is 41.1 Å². The molecule has 0 bridgehead atoms. The second kappa shape index (κ2) is 46.5. The normalized spacial score (nSPS) is 10.2. The minimum Gasteiger partial charge on any atom is -0.479 e. The molecule has 398 valence electrons. The van der Waals surface area contributed by atoms with Crippen molar-refractivity contribution >= 4 is 75.6 Å². The molecule has 0 unspecified atom stereocenters. The van der Waals surface area contributed by atoms with Gasteiger partial charge in [-0.25, -0.2) is 43.2 Å². The summed E-state index contributed by atoms with van der Waals surface area (Å²) in [4.78, 5) is 102. The van der Waals surface area contributed by atoms with Gasteiger partial charge in [-0.1, -0.05) is 48.8 Å². The first-order valence-corrected chi connectivity index (χ1v) is 19.3. The van der Waals surface area contributed by atoms with Crippen LogP contribution in [0.25, 0.3) is 0 Å². The number of halogens is 7. The Bertz CT molecular complexity index is 1620. The van der Waals surface area contributed by atoms with Gasteiger partial charge in [0.2, 0.25) is 0 Å². The second-order valence-electron chi connectivity index (χ2n) is 12.0. The monoisotopic (exact) mass is 1080 g/mol. The average molecular weight is 1080 g/mol. The molecule has 0 spiro atoms. The van der Waals surface area contributed by atoms with Crippen molar-refractivity contribution in [1.82, 2.24) is 0 Å². The van der Waals surface area contributed by atoms with E-state index in [9.17, 15) is 74.3 Å². The molecular weight excluding hydrogens is 1030 g/mol. The topological polar surface area (TPSA) is 325 Å². The maximum absolute atomic E-state index is 11.5. The molecule has 69 heavy (non-hydrogen) atoms. The zero-order valence-corrected chi connectivity index (χ0v) is 40.2. The van der Waals surface area contributed by atoms with Crippen LogP contribution in [0.4, 0.5) is 26.3 Å². The lowest BCUT2D eigenvalue weighted by molar-refractivity contribution is -0.189. The number of aliphatic carboxylic acids is 3. The van der Waals surface area contributed by atoms with E-state index in [4.69, 9.17) is 25.2 Å². The molecule has 4 N–H and O–H groups in total. The molecule has 1 aliphatic heterocycles. The van der Waals surface area contributed by atoms with E-state index in [1.54, 1.807) is 0 Å². The number of rotatable bonds is 15. The van der Waals surface area contributed by atoms with E-state index in [2.05, 4.69) is 82.0 Å². The number of methoxy groups -OCH3 is 2. The highest BCUT2D eigenvalue weighted by Gasteiger charge is 2.29. The van der Waals surface area contributed by atoms with E-state index in [1.165, 1.54) is 61.7 Å². The Balaban J connectivity index is -0.000000131. The Labute approximate surface area is 400 Å². The van der Waals surface area contributed by atoms with Crippen LogP contribution in [0.1, 0.15) is 47.5 Å². The lowest BCUT2D eigenvalue weighted by Gasteiger charge is -2.07. The maximum Gasteiger partial charge on any atom is 0.422 e. The lowest BCUT2D eigenvalue weighted by Crippen LogP contribution is -2.23. The zero-order valence-electron chi connectivity index (χ0n) is 38.6. The summed E-state index contributed by atoms with van der Waals surface area (Å²) in [5.74, 6) is -8.17. The van der Waals surface area contributed by atoms with E-state index >= 15 is 0 Å². The molecule has 0 aromatic carbocycles. The zero-order chi connectivity index (χ0) is 56.1. The quantitative estimate of drug-likeness (QED) is 0.0580. The number of hydrogen-bond acceptors (Lipinski definition) is 19. The van der Waals surface area contributed by atoms with Gasteiger partial charge in [-0.3, -0.25) is 4.79 Å². The van der Waals surface area contributed by atoms with Gasteiger partial charge in [-0.15, -0.1) is 0 Å². The number of aliphatic hydroxyl groups excluding tert-OH is 1. The van der Waals surface area contributed by atoms with Crippen molar-refractivity contribution in [2.75, 3.05) is 72.4 Å². The van der Waals surface area contributed by atoms with E-state index in [0.717, 1.165) is 13.2 Å². The largest absolute Gasteiger partial charge is 0.479 e. The molecule has 1 rings (SSSR count). The number of alkyl halides is 7. The molecule has 0 aromatic heterocycles. The number of hydrogen-bond donors (Lipinski definition) is 4. The number of ether oxygens (including phenoxy) is 8. The summed E-state index contributed by atoms with van der Waals surface area (Å²) < 4.78 is 101. The lowest BCUT2D eigenvalue weighted by atomic mass is 10.4. The van der Waals surface area contributed by atoms with Crippen molar-refractivity contribution in [3.63, 3.8) is 0 Å². The van der Waals surface area contributed by atoms with Crippen LogP contribution in [0, 0.1) is 0 Å². The Hall–Kier alpha value is -6.62. The Morgan fingerprint density at radius 1 is 0.507 bits per heavy atom. The molecule has 1 heterocycles. The van der Waals surface area contributed by atoms with Crippen LogP contribution in [-0.4, -0.2) is 165 Å². The molecule has 0 atom stereocenters. The summed E-state index contributed by atoms with van der Waals surface area (Å²) in [5.41, 5.74) is 0.866. The number of carbonyl (C=O) groups excluding carboxylic acids is 7. The first-order valence-electron chi connectivity index (χ1n) is 18.2. The smallest absolute Gasteiger partial charge is 0.422 e. The third kappa shape index (κ3) is 76.0. The van der Waals surface area contributed by atoms with Crippen molar-refractivity contribution in [2.24, 2.45) is 0 Å². The average Bonchev–Trinajstić information content (AvgIpc) is 3.86. The molecule has 1 aliphatic rings. The van der Waals surface area contributed by atoms with Crippen molar-refractivity contribution in [1.29, 1.82) is 0 Å². The van der Waals surface area contributed by atoms with Gasteiger partial charge in [0.15, 0.2) is 33.0 Å². The summed E-state index contributed by atoms with van der Waals surface area (Å²) in [6, 6.07) is 0. The summed E-state index contributed by atoms with van der Waals surface area (Å²) in [6.07, 6.45) is -6.44. The Kier molecular flexibility index (Phi) is 51.6. The molecule has 0 radical (unpaired) electrons. The third-order valence-electron chi connectivity index (χ3n) is 5.02. The van der Waals surface area contributed by atoms with Gasteiger partial charge in [-0.2, -0.15) is 26.3 Å². The predicted octanol–water partition coefficient (Wildman–Crippen LogP) is 4.41. The minimum atomic E-state index is -4.59. The predicted molar refractivity (Wildman–Crippen MR) is 229 cm³/mol. The molecule has 0 saturated carbocycles. The molecular formula is C40H57BrF6O22. The molecule has 22 nitrogen and oxygen atoms in total. The van der Waals surface area contributed by atoms with Crippen molar-refractivity contribution in [3.05, 3.63) is 60.8 Å². The minimum absolute atomic E-state index is 0.0404. The van der Waals surface area contributed by atoms with E-state index in [0.29, 0.717) is 0 Å². The third-order valence-corrected chi connectivity index (χ3v) is 5.48. The van der Waals surface area contributed by atoms with Gasteiger partial charge < -0.3 is 58.3 Å². The fourth-order valence-corrected chi connectivity index (χ4v) is 2.05. The number of carboxylic acid groups (broad SMARTS) is 3. The number of aliphatic hydroxyl groups is 1. The molecule has 1 fully saturated rings. The first-order chi connectivity index (χ1) is 31.4. The highest BCUT2D eigenvalue weighted by atomic mass is 79.9. The summed E-state index contributed by atoms with van der Waals surface area (Å²) in [6.45, 7) is 19.6. The number of esters is 7. The first kappa shape index (κ1) is 76.6. The highest BCUT2D eigenvalue weighted by molar-refractivity contribution is 9.09. The van der Waals surface area contributed by atoms with Crippen LogP contribution in [-0.2, 0) is 85.8 Å². The molecule has 1 saturated heterocycles. The van der Waals surface area contributed by atoms with Crippen LogP contribution in [0.15, 0.2) is 60.8 Å². The highest BCUT2D eigenvalue weighted by Crippen LogP contribution is 2.14. The van der Waals surface area contributed by atoms with Gasteiger partial charge >= 0.3 is 72.0 Å². The summed E-state index contributed by atoms with van der Waals surface area (Å²) >= 11 is 2.90. The second-order valence-corrected chi connectivity index (χ2v) is 12.5. The Morgan fingerprint density at radius 2 is 0.783 bits per heavy atom. The van der Waals surface area contributed by atoms with Crippen molar-refractivity contribution in [3.8, 4) is 0 Å². The fraction of sp³-hybridized carbons (Fsp3) is 0.500. The van der Waals surface area contributed by atoms with Crippen LogP contribution in [0.2, 0.25) is 0 Å². The van der Waals surface area contributed by atoms with Crippen LogP contribution >= 0.6 is 15.9 Å². The van der Waals surface area contributed by atoms with E-state index < -0.39 is 99.1 Å². The van der Waals surface area contributed by atoms with Gasteiger partial charge in [0.1, 0.15) is 11.9 Å². The van der Waals surface area contributed by atoms with Crippen molar-refractivity contribution < 1.29 is 133 Å². The fourth-order valence-electron chi connectivity index (χ4n) is 1.82. The SMILES string of the molecule is C1CCOC1.C=C(C)C(=O)O.C=C(C)C(=O)OCC(=O)O.C=C(C)C(=O)OCC(=O)O.C=C(C)C(=O)OCC(=O)OC.C=C(C)C(=O)OCC(=O)OCC(F)(F)F.COC(=O)CBr.OCC(F)(F)F. The van der Waals surface area contributed by atoms with Gasteiger partial charge in [-0.05, 0) is 47.5 Å². The van der Waals surface area contributed by atoms with Gasteiger partial charge in [0.25, 0.3) is 0 Å². The summed E-state index contributed by atoms with van der Waals surface area (Å²) in [5, 5.41) is 31.5. The molecule has 0 amide bonds. The summed E-state index contributed by atoms with van der Waals surface area (Å²) in [7, 11) is 2.57. The van der Waals surface area contributed by atoms with Crippen LogP contribution < -0.4 is 0 Å². The molecule has 29 heteroatoms. The van der Waals surface area contributed by atoms with Gasteiger partial charge in [0.05, 0.1) is 14.2 Å². The standard InChI is InChI=1S/C8H9F3O4.C7H10O4.2C6H8O4.C4H6O2.C4H8O.C3H5BrO2.C2H3F3O/c1-5(2)7(13)14-3-6(12)15-4-8(9,10)11;1-5(2)7(9)11-4-6(8)10-3;2*1-4(2)6(9)10-3-5(7)8;1-3(2)4(5)6;1-2-4-5-3-1;1-6-3(5)2-4;3-2(4,5)1-6/h1,3-4H2,2H3;1,4H2,2-3H3;2*1,3H2,2H3,(H,7,8);1H2,2H3,(H,5,6);1-4H2;2H2,1H3;6H,1H2. The molecule has 0 aromatic rings.